The fraction of sp³-hybridized carbons (Fsp3) is 0.562. The van der Waals surface area contributed by atoms with Crippen molar-refractivity contribution < 1.29 is 17.6 Å². The number of carbonyl (C=O) groups excluding carboxylic acids is 1. The van der Waals surface area contributed by atoms with Crippen LogP contribution in [-0.4, -0.2) is 57.3 Å². The molecule has 0 atom stereocenters. The van der Waals surface area contributed by atoms with Crippen molar-refractivity contribution in [3.8, 4) is 0 Å². The van der Waals surface area contributed by atoms with Gasteiger partial charge in [0.1, 0.15) is 5.82 Å². The van der Waals surface area contributed by atoms with Crippen LogP contribution in [0.2, 0.25) is 0 Å². The SMILES string of the molecule is CC(C)(C)NC(=O)N1CCN(c2ccc(S(C)(=O)=O)cc2F)CC1. The number of amides is 2. The molecule has 1 N–H and O–H groups in total. The Kier molecular flexibility index (Phi) is 5.08. The number of halogens is 1. The minimum atomic E-state index is -3.43. The van der Waals surface area contributed by atoms with Gasteiger partial charge in [-0.05, 0) is 39.0 Å². The maximum atomic E-state index is 14.2. The summed E-state index contributed by atoms with van der Waals surface area (Å²) in [6, 6.07) is 3.81. The number of benzene rings is 1. The molecular weight excluding hydrogens is 333 g/mol. The van der Waals surface area contributed by atoms with Crippen LogP contribution in [0.5, 0.6) is 0 Å². The van der Waals surface area contributed by atoms with Crippen molar-refractivity contribution in [3.63, 3.8) is 0 Å². The Bertz CT molecular complexity index is 721. The normalized spacial score (nSPS) is 16.2. The maximum Gasteiger partial charge on any atom is 0.317 e. The van der Waals surface area contributed by atoms with E-state index in [9.17, 15) is 17.6 Å². The minimum absolute atomic E-state index is 0.0352. The molecule has 1 aliphatic rings. The molecule has 2 amide bonds. The first-order chi connectivity index (χ1) is 11.0. The first-order valence-electron chi connectivity index (χ1n) is 7.79. The number of piperazine rings is 1. The molecule has 1 fully saturated rings. The summed E-state index contributed by atoms with van der Waals surface area (Å²) in [6.45, 7) is 7.70. The molecule has 0 aromatic heterocycles. The lowest BCUT2D eigenvalue weighted by molar-refractivity contribution is 0.185. The second-order valence-corrected chi connectivity index (χ2v) is 9.06. The number of urea groups is 1. The zero-order valence-electron chi connectivity index (χ0n) is 14.5. The Morgan fingerprint density at radius 3 is 2.21 bits per heavy atom. The molecule has 6 nitrogen and oxygen atoms in total. The van der Waals surface area contributed by atoms with E-state index in [1.54, 1.807) is 4.90 Å². The summed E-state index contributed by atoms with van der Waals surface area (Å²) in [6.07, 6.45) is 1.05. The smallest absolute Gasteiger partial charge is 0.317 e. The van der Waals surface area contributed by atoms with E-state index in [1.807, 2.05) is 25.7 Å². The highest BCUT2D eigenvalue weighted by atomic mass is 32.2. The van der Waals surface area contributed by atoms with Crippen molar-refractivity contribution in [3.05, 3.63) is 24.0 Å². The third-order valence-electron chi connectivity index (χ3n) is 3.74. The molecule has 1 saturated heterocycles. The first kappa shape index (κ1) is 18.5. The molecule has 1 aromatic rings. The number of sulfone groups is 1. The molecule has 0 unspecified atom stereocenters. The average Bonchev–Trinajstić information content (AvgIpc) is 2.44. The van der Waals surface area contributed by atoms with Crippen LogP contribution in [0.25, 0.3) is 0 Å². The van der Waals surface area contributed by atoms with Crippen LogP contribution in [0.3, 0.4) is 0 Å². The second-order valence-electron chi connectivity index (χ2n) is 7.04. The summed E-state index contributed by atoms with van der Waals surface area (Å²) in [5.41, 5.74) is 0.0557. The van der Waals surface area contributed by atoms with Crippen molar-refractivity contribution in [2.24, 2.45) is 0 Å². The minimum Gasteiger partial charge on any atom is -0.366 e. The number of anilines is 1. The van der Waals surface area contributed by atoms with E-state index < -0.39 is 15.7 Å². The zero-order valence-corrected chi connectivity index (χ0v) is 15.3. The van der Waals surface area contributed by atoms with E-state index in [-0.39, 0.29) is 16.5 Å². The van der Waals surface area contributed by atoms with Crippen molar-refractivity contribution in [1.29, 1.82) is 0 Å². The van der Waals surface area contributed by atoms with Crippen LogP contribution in [0.15, 0.2) is 23.1 Å². The second kappa shape index (κ2) is 6.58. The number of nitrogens with one attached hydrogen (secondary N) is 1. The van der Waals surface area contributed by atoms with Gasteiger partial charge in [0.2, 0.25) is 0 Å². The van der Waals surface area contributed by atoms with Gasteiger partial charge in [0.15, 0.2) is 9.84 Å². The Labute approximate surface area is 142 Å². The number of rotatable bonds is 2. The van der Waals surface area contributed by atoms with Gasteiger partial charge in [-0.3, -0.25) is 0 Å². The van der Waals surface area contributed by atoms with Gasteiger partial charge in [0, 0.05) is 38.0 Å². The molecule has 0 saturated carbocycles. The van der Waals surface area contributed by atoms with Crippen molar-refractivity contribution in [2.75, 3.05) is 37.3 Å². The summed E-state index contributed by atoms with van der Waals surface area (Å²) < 4.78 is 37.2. The van der Waals surface area contributed by atoms with Crippen LogP contribution < -0.4 is 10.2 Å². The van der Waals surface area contributed by atoms with E-state index in [0.29, 0.717) is 31.9 Å². The molecule has 0 spiro atoms. The Morgan fingerprint density at radius 2 is 1.75 bits per heavy atom. The molecular formula is C16H24FN3O3S. The summed E-state index contributed by atoms with van der Waals surface area (Å²) in [5.74, 6) is -0.564. The van der Waals surface area contributed by atoms with Crippen LogP contribution in [0, 0.1) is 5.82 Å². The monoisotopic (exact) mass is 357 g/mol. The predicted molar refractivity (Wildman–Crippen MR) is 91.6 cm³/mol. The number of carbonyl (C=O) groups is 1. The van der Waals surface area contributed by atoms with E-state index in [4.69, 9.17) is 0 Å². The van der Waals surface area contributed by atoms with Crippen molar-refractivity contribution in [2.45, 2.75) is 31.2 Å². The highest BCUT2D eigenvalue weighted by Crippen LogP contribution is 2.24. The van der Waals surface area contributed by atoms with Gasteiger partial charge in [0.25, 0.3) is 0 Å². The molecule has 0 bridgehead atoms. The standard InChI is InChI=1S/C16H24FN3O3S/c1-16(2,3)18-15(21)20-9-7-19(8-10-20)14-6-5-12(11-13(14)17)24(4,22)23/h5-6,11H,7-10H2,1-4H3,(H,18,21). The summed E-state index contributed by atoms with van der Waals surface area (Å²) in [4.78, 5) is 15.6. The maximum absolute atomic E-state index is 14.2. The Morgan fingerprint density at radius 1 is 1.17 bits per heavy atom. The lowest BCUT2D eigenvalue weighted by Gasteiger charge is -2.37. The molecule has 24 heavy (non-hydrogen) atoms. The fourth-order valence-electron chi connectivity index (χ4n) is 2.53. The molecule has 0 radical (unpaired) electrons. The van der Waals surface area contributed by atoms with Gasteiger partial charge in [-0.15, -0.1) is 0 Å². The lowest BCUT2D eigenvalue weighted by Crippen LogP contribution is -2.55. The Hall–Kier alpha value is -1.83. The molecule has 134 valence electrons. The topological polar surface area (TPSA) is 69.7 Å². The Balaban J connectivity index is 2.04. The van der Waals surface area contributed by atoms with Crippen LogP contribution >= 0.6 is 0 Å². The lowest BCUT2D eigenvalue weighted by atomic mass is 10.1. The van der Waals surface area contributed by atoms with Crippen LogP contribution in [0.1, 0.15) is 20.8 Å². The molecule has 1 aromatic carbocycles. The predicted octanol–water partition coefficient (Wildman–Crippen LogP) is 1.86. The highest BCUT2D eigenvalue weighted by molar-refractivity contribution is 7.90. The molecule has 1 aliphatic heterocycles. The zero-order chi connectivity index (χ0) is 18.1. The van der Waals surface area contributed by atoms with E-state index in [0.717, 1.165) is 12.3 Å². The third kappa shape index (κ3) is 4.59. The molecule has 1 heterocycles. The summed E-state index contributed by atoms with van der Waals surface area (Å²) in [5, 5.41) is 2.91. The fourth-order valence-corrected chi connectivity index (χ4v) is 3.16. The number of nitrogens with zero attached hydrogens (tertiary/aromatic N) is 2. The molecule has 8 heteroatoms. The number of hydrogen-bond acceptors (Lipinski definition) is 4. The summed E-state index contributed by atoms with van der Waals surface area (Å²) in [7, 11) is -3.43. The average molecular weight is 357 g/mol. The third-order valence-corrected chi connectivity index (χ3v) is 4.85. The van der Waals surface area contributed by atoms with Crippen LogP contribution in [0.4, 0.5) is 14.9 Å². The van der Waals surface area contributed by atoms with E-state index in [2.05, 4.69) is 5.32 Å². The van der Waals surface area contributed by atoms with Crippen molar-refractivity contribution >= 4 is 21.6 Å². The first-order valence-corrected chi connectivity index (χ1v) is 9.68. The van der Waals surface area contributed by atoms with Crippen LogP contribution in [-0.2, 0) is 9.84 Å². The van der Waals surface area contributed by atoms with Gasteiger partial charge >= 0.3 is 6.03 Å². The largest absolute Gasteiger partial charge is 0.366 e. The number of hydrogen-bond donors (Lipinski definition) is 1. The van der Waals surface area contributed by atoms with Gasteiger partial charge in [-0.2, -0.15) is 0 Å². The summed E-state index contributed by atoms with van der Waals surface area (Å²) >= 11 is 0. The van der Waals surface area contributed by atoms with Gasteiger partial charge < -0.3 is 15.1 Å². The quantitative estimate of drug-likeness (QED) is 0.877. The van der Waals surface area contributed by atoms with Crippen molar-refractivity contribution in [1.82, 2.24) is 10.2 Å². The van der Waals surface area contributed by atoms with E-state index in [1.165, 1.54) is 12.1 Å². The van der Waals surface area contributed by atoms with Gasteiger partial charge in [0.05, 0.1) is 10.6 Å². The van der Waals surface area contributed by atoms with Gasteiger partial charge in [-0.1, -0.05) is 0 Å². The molecule has 2 rings (SSSR count). The van der Waals surface area contributed by atoms with Gasteiger partial charge in [-0.25, -0.2) is 17.6 Å². The van der Waals surface area contributed by atoms with E-state index >= 15 is 0 Å². The highest BCUT2D eigenvalue weighted by Gasteiger charge is 2.25. The molecule has 0 aliphatic carbocycles.